The number of nitrogens with one attached hydrogen (secondary N) is 2. The lowest BCUT2D eigenvalue weighted by molar-refractivity contribution is -0.143. The fourth-order valence-corrected chi connectivity index (χ4v) is 2.29. The summed E-state index contributed by atoms with van der Waals surface area (Å²) >= 11 is 0. The Morgan fingerprint density at radius 1 is 1.38 bits per heavy atom. The van der Waals surface area contributed by atoms with Crippen LogP contribution in [-0.2, 0) is 9.53 Å². The zero-order chi connectivity index (χ0) is 17.4. The van der Waals surface area contributed by atoms with Gasteiger partial charge in [0.2, 0.25) is 5.95 Å². The van der Waals surface area contributed by atoms with Crippen molar-refractivity contribution in [2.24, 2.45) is 0 Å². The molecule has 0 saturated heterocycles. The van der Waals surface area contributed by atoms with Crippen molar-refractivity contribution in [1.82, 2.24) is 30.2 Å². The molecule has 2 rings (SSSR count). The second-order valence-corrected chi connectivity index (χ2v) is 5.32. The monoisotopic (exact) mass is 332 g/mol. The lowest BCUT2D eigenvalue weighted by Crippen LogP contribution is -2.31. The van der Waals surface area contributed by atoms with Gasteiger partial charge in [0.1, 0.15) is 6.33 Å². The number of imidazole rings is 1. The van der Waals surface area contributed by atoms with Crippen LogP contribution in [-0.4, -0.2) is 52.2 Å². The molecule has 24 heavy (non-hydrogen) atoms. The fourth-order valence-electron chi connectivity index (χ4n) is 2.29. The third-order valence-electron chi connectivity index (χ3n) is 3.40. The number of esters is 1. The van der Waals surface area contributed by atoms with Crippen LogP contribution in [0, 0.1) is 6.92 Å². The lowest BCUT2D eigenvalue weighted by atomic mass is 10.1. The zero-order valence-corrected chi connectivity index (χ0v) is 14.3. The molecule has 2 aromatic heterocycles. The average molecular weight is 332 g/mol. The highest BCUT2D eigenvalue weighted by atomic mass is 16.5. The molecule has 2 heterocycles. The highest BCUT2D eigenvalue weighted by Crippen LogP contribution is 2.17. The molecule has 8 nitrogen and oxygen atoms in total. The highest BCUT2D eigenvalue weighted by Gasteiger charge is 2.19. The Balaban J connectivity index is 2.24. The van der Waals surface area contributed by atoms with Gasteiger partial charge < -0.3 is 15.4 Å². The Kier molecular flexibility index (Phi) is 6.83. The Hall–Kier alpha value is -2.32. The molecule has 0 aliphatic carbocycles. The number of likely N-dealkylation sites (N-methyl/N-ethyl adjacent to an activating group) is 1. The summed E-state index contributed by atoms with van der Waals surface area (Å²) in [4.78, 5) is 25.0. The second-order valence-electron chi connectivity index (χ2n) is 5.32. The first-order valence-corrected chi connectivity index (χ1v) is 8.01. The molecular formula is C16H24N6O2. The number of hydrogen-bond donors (Lipinski definition) is 2. The molecule has 0 radical (unpaired) electrons. The van der Waals surface area contributed by atoms with Crippen molar-refractivity contribution >= 4 is 5.97 Å². The summed E-state index contributed by atoms with van der Waals surface area (Å²) in [5, 5.41) is 6.42. The summed E-state index contributed by atoms with van der Waals surface area (Å²) in [5.74, 6) is 0.284. The maximum Gasteiger partial charge on any atom is 0.307 e. The Labute approximate surface area is 141 Å². The van der Waals surface area contributed by atoms with Gasteiger partial charge in [-0.05, 0) is 27.0 Å². The van der Waals surface area contributed by atoms with Crippen molar-refractivity contribution in [3.05, 3.63) is 36.2 Å². The average Bonchev–Trinajstić information content (AvgIpc) is 3.08. The van der Waals surface area contributed by atoms with E-state index in [4.69, 9.17) is 4.74 Å². The lowest BCUT2D eigenvalue weighted by Gasteiger charge is -2.18. The Morgan fingerprint density at radius 3 is 2.88 bits per heavy atom. The minimum atomic E-state index is -0.250. The number of nitrogens with zero attached hydrogens (tertiary/aromatic N) is 4. The van der Waals surface area contributed by atoms with Crippen LogP contribution in [0.15, 0.2) is 24.8 Å². The van der Waals surface area contributed by atoms with Crippen molar-refractivity contribution < 1.29 is 9.53 Å². The molecule has 0 aromatic carbocycles. The summed E-state index contributed by atoms with van der Waals surface area (Å²) in [6.07, 6.45) is 5.32. The number of aryl methyl sites for hydroxylation is 1. The van der Waals surface area contributed by atoms with E-state index in [0.717, 1.165) is 17.9 Å². The van der Waals surface area contributed by atoms with E-state index in [1.54, 1.807) is 30.2 Å². The van der Waals surface area contributed by atoms with Gasteiger partial charge in [-0.3, -0.25) is 9.36 Å². The maximum absolute atomic E-state index is 11.9. The maximum atomic E-state index is 11.9. The fraction of sp³-hybridized carbons (Fsp3) is 0.500. The van der Waals surface area contributed by atoms with Crippen LogP contribution in [0.4, 0.5) is 0 Å². The first-order chi connectivity index (χ1) is 11.6. The Bertz CT molecular complexity index is 644. The molecule has 2 N–H and O–H groups in total. The van der Waals surface area contributed by atoms with Crippen molar-refractivity contribution in [2.75, 3.05) is 26.7 Å². The van der Waals surface area contributed by atoms with Gasteiger partial charge in [0.15, 0.2) is 0 Å². The molecule has 0 aliphatic rings. The van der Waals surface area contributed by atoms with Crippen LogP contribution in [0.3, 0.4) is 0 Å². The summed E-state index contributed by atoms with van der Waals surface area (Å²) in [5.41, 5.74) is 1.59. The van der Waals surface area contributed by atoms with E-state index in [2.05, 4.69) is 25.6 Å². The van der Waals surface area contributed by atoms with Gasteiger partial charge in [-0.15, -0.1) is 0 Å². The SMILES string of the molecule is CCOC(=O)CC(NCCNC)c1cc(C)nc(-n2ccnc2)n1. The first-order valence-electron chi connectivity index (χ1n) is 8.01. The van der Waals surface area contributed by atoms with E-state index in [0.29, 0.717) is 19.1 Å². The van der Waals surface area contributed by atoms with Gasteiger partial charge in [-0.1, -0.05) is 0 Å². The molecule has 0 amide bonds. The number of carbonyl (C=O) groups is 1. The van der Waals surface area contributed by atoms with Crippen LogP contribution in [0.5, 0.6) is 0 Å². The van der Waals surface area contributed by atoms with Gasteiger partial charge in [0.25, 0.3) is 0 Å². The van der Waals surface area contributed by atoms with Gasteiger partial charge in [0.05, 0.1) is 24.8 Å². The normalized spacial score (nSPS) is 12.1. The predicted molar refractivity (Wildman–Crippen MR) is 89.8 cm³/mol. The van der Waals surface area contributed by atoms with Crippen LogP contribution in [0.25, 0.3) is 5.95 Å². The highest BCUT2D eigenvalue weighted by molar-refractivity contribution is 5.70. The number of rotatable bonds is 9. The molecule has 0 fully saturated rings. The largest absolute Gasteiger partial charge is 0.466 e. The minimum Gasteiger partial charge on any atom is -0.466 e. The second kappa shape index (κ2) is 9.09. The Morgan fingerprint density at radius 2 is 2.21 bits per heavy atom. The van der Waals surface area contributed by atoms with E-state index >= 15 is 0 Å². The molecular weight excluding hydrogens is 308 g/mol. The van der Waals surface area contributed by atoms with Gasteiger partial charge in [-0.25, -0.2) is 15.0 Å². The smallest absolute Gasteiger partial charge is 0.307 e. The van der Waals surface area contributed by atoms with E-state index in [9.17, 15) is 4.79 Å². The topological polar surface area (TPSA) is 94.0 Å². The predicted octanol–water partition coefficient (Wildman–Crippen LogP) is 0.774. The van der Waals surface area contributed by atoms with Gasteiger partial charge in [-0.2, -0.15) is 0 Å². The molecule has 1 unspecified atom stereocenters. The number of ether oxygens (including phenoxy) is 1. The van der Waals surface area contributed by atoms with Gasteiger partial charge in [0, 0.05) is 31.2 Å². The third-order valence-corrected chi connectivity index (χ3v) is 3.40. The quantitative estimate of drug-likeness (QED) is 0.517. The van der Waals surface area contributed by atoms with Crippen molar-refractivity contribution in [1.29, 1.82) is 0 Å². The van der Waals surface area contributed by atoms with Gasteiger partial charge >= 0.3 is 5.97 Å². The minimum absolute atomic E-state index is 0.220. The molecule has 1 atom stereocenters. The summed E-state index contributed by atoms with van der Waals surface area (Å²) < 4.78 is 6.82. The number of aromatic nitrogens is 4. The molecule has 8 heteroatoms. The van der Waals surface area contributed by atoms with Crippen LogP contribution < -0.4 is 10.6 Å². The number of carbonyl (C=O) groups excluding carboxylic acids is 1. The zero-order valence-electron chi connectivity index (χ0n) is 14.3. The van der Waals surface area contributed by atoms with E-state index < -0.39 is 0 Å². The van der Waals surface area contributed by atoms with E-state index in [1.165, 1.54) is 0 Å². The van der Waals surface area contributed by atoms with E-state index in [-0.39, 0.29) is 18.4 Å². The van der Waals surface area contributed by atoms with Crippen molar-refractivity contribution in [3.8, 4) is 5.95 Å². The van der Waals surface area contributed by atoms with Crippen LogP contribution in [0.2, 0.25) is 0 Å². The van der Waals surface area contributed by atoms with Crippen molar-refractivity contribution in [2.45, 2.75) is 26.3 Å². The molecule has 2 aromatic rings. The third kappa shape index (κ3) is 5.10. The molecule has 0 bridgehead atoms. The molecule has 0 spiro atoms. The van der Waals surface area contributed by atoms with Crippen LogP contribution >= 0.6 is 0 Å². The molecule has 0 aliphatic heterocycles. The van der Waals surface area contributed by atoms with E-state index in [1.807, 2.05) is 20.0 Å². The summed E-state index contributed by atoms with van der Waals surface area (Å²) in [6.45, 7) is 5.57. The van der Waals surface area contributed by atoms with Crippen molar-refractivity contribution in [3.63, 3.8) is 0 Å². The molecule has 130 valence electrons. The summed E-state index contributed by atoms with van der Waals surface area (Å²) in [7, 11) is 1.88. The standard InChI is InChI=1S/C16H24N6O2/c1-4-24-15(23)10-13(19-6-5-17-3)14-9-12(2)20-16(21-14)22-8-7-18-11-22/h7-9,11,13,17,19H,4-6,10H2,1-3H3. The number of hydrogen-bond acceptors (Lipinski definition) is 7. The summed E-state index contributed by atoms with van der Waals surface area (Å²) in [6, 6.07) is 1.65. The van der Waals surface area contributed by atoms with Crippen LogP contribution in [0.1, 0.15) is 30.8 Å². The molecule has 0 saturated carbocycles. The first kappa shape index (κ1) is 18.0.